The molecule has 0 radical (unpaired) electrons. The summed E-state index contributed by atoms with van der Waals surface area (Å²) >= 11 is 5.61. The van der Waals surface area contributed by atoms with Gasteiger partial charge < -0.3 is 5.32 Å². The van der Waals surface area contributed by atoms with E-state index in [1.165, 1.54) is 11.1 Å². The monoisotopic (exact) mass is 209 g/mol. The predicted molar refractivity (Wildman–Crippen MR) is 63.6 cm³/mol. The lowest BCUT2D eigenvalue weighted by atomic mass is 10.1. The van der Waals surface area contributed by atoms with Gasteiger partial charge in [0, 0.05) is 12.4 Å². The van der Waals surface area contributed by atoms with Crippen molar-refractivity contribution < 1.29 is 0 Å². The highest BCUT2D eigenvalue weighted by Crippen LogP contribution is 2.10. The Labute approximate surface area is 90.8 Å². The maximum Gasteiger partial charge on any atom is 0.0258 e. The van der Waals surface area contributed by atoms with Crippen molar-refractivity contribution in [2.45, 2.75) is 13.0 Å². The molecule has 0 aliphatic carbocycles. The minimum atomic E-state index is 0.685. The van der Waals surface area contributed by atoms with Crippen LogP contribution in [-0.2, 0) is 6.54 Å². The van der Waals surface area contributed by atoms with Crippen LogP contribution in [0.2, 0.25) is 0 Å². The van der Waals surface area contributed by atoms with Crippen molar-refractivity contribution in [3.63, 3.8) is 0 Å². The molecule has 0 amide bonds. The number of allylic oxidation sites excluding steroid dienone is 1. The maximum absolute atomic E-state index is 5.61. The molecule has 1 rings (SSSR count). The van der Waals surface area contributed by atoms with Gasteiger partial charge in [-0.05, 0) is 24.6 Å². The van der Waals surface area contributed by atoms with Crippen LogP contribution in [-0.4, -0.2) is 12.9 Å². The first-order chi connectivity index (χ1) is 6.88. The first kappa shape index (κ1) is 11.3. The van der Waals surface area contributed by atoms with Gasteiger partial charge in [0.1, 0.15) is 0 Å². The van der Waals surface area contributed by atoms with Crippen molar-refractivity contribution in [3.05, 3.63) is 41.5 Å². The van der Waals surface area contributed by atoms with Crippen molar-refractivity contribution in [2.75, 3.05) is 12.9 Å². The summed E-state index contributed by atoms with van der Waals surface area (Å²) < 4.78 is 0. The molecule has 76 valence electrons. The zero-order valence-electron chi connectivity index (χ0n) is 8.46. The quantitative estimate of drug-likeness (QED) is 0.736. The SMILES string of the molecule is CNCc1ccccc1C=CCCCl. The topological polar surface area (TPSA) is 12.0 Å². The van der Waals surface area contributed by atoms with Crippen LogP contribution in [0.25, 0.3) is 6.08 Å². The first-order valence-corrected chi connectivity index (χ1v) is 5.37. The summed E-state index contributed by atoms with van der Waals surface area (Å²) in [6.45, 7) is 0.904. The van der Waals surface area contributed by atoms with Gasteiger partial charge in [0.15, 0.2) is 0 Å². The van der Waals surface area contributed by atoms with Crippen molar-refractivity contribution in [2.24, 2.45) is 0 Å². The number of nitrogens with one attached hydrogen (secondary N) is 1. The largest absolute Gasteiger partial charge is 0.316 e. The van der Waals surface area contributed by atoms with Crippen LogP contribution in [0.5, 0.6) is 0 Å². The van der Waals surface area contributed by atoms with E-state index in [2.05, 4.69) is 41.7 Å². The van der Waals surface area contributed by atoms with Crippen molar-refractivity contribution >= 4 is 17.7 Å². The van der Waals surface area contributed by atoms with Crippen LogP contribution >= 0.6 is 11.6 Å². The van der Waals surface area contributed by atoms with Crippen LogP contribution in [0.4, 0.5) is 0 Å². The second-order valence-corrected chi connectivity index (χ2v) is 3.49. The summed E-state index contributed by atoms with van der Waals surface area (Å²) in [6, 6.07) is 8.37. The number of alkyl halides is 1. The predicted octanol–water partition coefficient (Wildman–Crippen LogP) is 3.05. The molecule has 0 aromatic heterocycles. The molecule has 14 heavy (non-hydrogen) atoms. The summed E-state index contributed by atoms with van der Waals surface area (Å²) in [5, 5.41) is 3.15. The van der Waals surface area contributed by atoms with E-state index < -0.39 is 0 Å². The van der Waals surface area contributed by atoms with E-state index in [0.717, 1.165) is 13.0 Å². The second kappa shape index (κ2) is 6.63. The molecule has 0 unspecified atom stereocenters. The van der Waals surface area contributed by atoms with Crippen LogP contribution in [0.15, 0.2) is 30.3 Å². The highest BCUT2D eigenvalue weighted by atomic mass is 35.5. The van der Waals surface area contributed by atoms with Gasteiger partial charge >= 0.3 is 0 Å². The van der Waals surface area contributed by atoms with E-state index >= 15 is 0 Å². The van der Waals surface area contributed by atoms with Gasteiger partial charge in [-0.25, -0.2) is 0 Å². The molecular formula is C12H16ClN. The minimum absolute atomic E-state index is 0.685. The van der Waals surface area contributed by atoms with Crippen LogP contribution in [0.1, 0.15) is 17.5 Å². The van der Waals surface area contributed by atoms with E-state index in [4.69, 9.17) is 11.6 Å². The fraction of sp³-hybridized carbons (Fsp3) is 0.333. The molecule has 1 N–H and O–H groups in total. The molecule has 0 aliphatic rings. The Hall–Kier alpha value is -0.790. The lowest BCUT2D eigenvalue weighted by molar-refractivity contribution is 0.816. The number of hydrogen-bond acceptors (Lipinski definition) is 1. The molecule has 1 nitrogen and oxygen atoms in total. The smallest absolute Gasteiger partial charge is 0.0258 e. The second-order valence-electron chi connectivity index (χ2n) is 3.11. The highest BCUT2D eigenvalue weighted by molar-refractivity contribution is 6.17. The average molecular weight is 210 g/mol. The normalized spacial score (nSPS) is 11.0. The minimum Gasteiger partial charge on any atom is -0.316 e. The Morgan fingerprint density at radius 3 is 2.86 bits per heavy atom. The van der Waals surface area contributed by atoms with Gasteiger partial charge in [0.05, 0.1) is 0 Å². The number of benzene rings is 1. The summed E-state index contributed by atoms with van der Waals surface area (Å²) in [5.74, 6) is 0.685. The van der Waals surface area contributed by atoms with Crippen LogP contribution < -0.4 is 5.32 Å². The highest BCUT2D eigenvalue weighted by Gasteiger charge is 1.95. The molecule has 0 saturated carbocycles. The molecule has 2 heteroatoms. The third kappa shape index (κ3) is 3.52. The Balaban J connectivity index is 2.73. The van der Waals surface area contributed by atoms with Crippen molar-refractivity contribution in [1.29, 1.82) is 0 Å². The summed E-state index contributed by atoms with van der Waals surface area (Å²) in [7, 11) is 1.96. The molecule has 1 aromatic carbocycles. The number of hydrogen-bond donors (Lipinski definition) is 1. The Kier molecular flexibility index (Phi) is 5.35. The zero-order chi connectivity index (χ0) is 10.2. The van der Waals surface area contributed by atoms with Gasteiger partial charge in [0.25, 0.3) is 0 Å². The lowest BCUT2D eigenvalue weighted by Crippen LogP contribution is -2.06. The van der Waals surface area contributed by atoms with Crippen LogP contribution in [0, 0.1) is 0 Å². The summed E-state index contributed by atoms with van der Waals surface area (Å²) in [6.07, 6.45) is 5.17. The molecule has 0 spiro atoms. The summed E-state index contributed by atoms with van der Waals surface area (Å²) in [5.41, 5.74) is 2.59. The standard InChI is InChI=1S/C12H16ClN/c1-14-10-12-8-3-2-6-11(12)7-4-5-9-13/h2-4,6-8,14H,5,9-10H2,1H3. The van der Waals surface area contributed by atoms with Gasteiger partial charge in [-0.3, -0.25) is 0 Å². The summed E-state index contributed by atoms with van der Waals surface area (Å²) in [4.78, 5) is 0. The van der Waals surface area contributed by atoms with Crippen molar-refractivity contribution in [3.8, 4) is 0 Å². The molecule has 0 atom stereocenters. The number of halogens is 1. The Bertz CT molecular complexity index is 294. The third-order valence-corrected chi connectivity index (χ3v) is 2.21. The fourth-order valence-electron chi connectivity index (χ4n) is 1.32. The molecule has 0 aliphatic heterocycles. The molecule has 0 heterocycles. The Morgan fingerprint density at radius 2 is 2.14 bits per heavy atom. The third-order valence-electron chi connectivity index (χ3n) is 2.00. The first-order valence-electron chi connectivity index (χ1n) is 4.83. The van der Waals surface area contributed by atoms with E-state index in [0.29, 0.717) is 5.88 Å². The van der Waals surface area contributed by atoms with E-state index in [1.807, 2.05) is 7.05 Å². The van der Waals surface area contributed by atoms with Gasteiger partial charge in [-0.15, -0.1) is 11.6 Å². The van der Waals surface area contributed by atoms with Gasteiger partial charge in [-0.1, -0.05) is 36.4 Å². The molecule has 0 saturated heterocycles. The van der Waals surface area contributed by atoms with E-state index in [-0.39, 0.29) is 0 Å². The average Bonchev–Trinajstić information content (AvgIpc) is 2.21. The lowest BCUT2D eigenvalue weighted by Gasteiger charge is -2.04. The molecule has 1 aromatic rings. The molecule has 0 bridgehead atoms. The molecular weight excluding hydrogens is 194 g/mol. The van der Waals surface area contributed by atoms with Crippen LogP contribution in [0.3, 0.4) is 0 Å². The maximum atomic E-state index is 5.61. The Morgan fingerprint density at radius 1 is 1.36 bits per heavy atom. The zero-order valence-corrected chi connectivity index (χ0v) is 9.22. The van der Waals surface area contributed by atoms with Gasteiger partial charge in [0.2, 0.25) is 0 Å². The number of rotatable bonds is 5. The van der Waals surface area contributed by atoms with E-state index in [9.17, 15) is 0 Å². The van der Waals surface area contributed by atoms with Gasteiger partial charge in [-0.2, -0.15) is 0 Å². The van der Waals surface area contributed by atoms with E-state index in [1.54, 1.807) is 0 Å². The van der Waals surface area contributed by atoms with Crippen molar-refractivity contribution in [1.82, 2.24) is 5.32 Å². The fourth-order valence-corrected chi connectivity index (χ4v) is 1.45. The molecule has 0 fully saturated rings.